The van der Waals surface area contributed by atoms with Crippen molar-refractivity contribution in [2.45, 2.75) is 118 Å². The van der Waals surface area contributed by atoms with Gasteiger partial charge >= 0.3 is 12.1 Å². The molecule has 242 valence electrons. The van der Waals surface area contributed by atoms with Crippen molar-refractivity contribution in [2.75, 3.05) is 25.6 Å². The zero-order chi connectivity index (χ0) is 31.7. The van der Waals surface area contributed by atoms with Gasteiger partial charge in [-0.15, -0.1) is 0 Å². The van der Waals surface area contributed by atoms with Crippen LogP contribution in [0.2, 0.25) is 0 Å². The van der Waals surface area contributed by atoms with Crippen molar-refractivity contribution in [1.82, 2.24) is 5.32 Å². The highest BCUT2D eigenvalue weighted by Crippen LogP contribution is 2.35. The Hall–Kier alpha value is -2.81. The number of cyclic esters (lactones) is 1. The number of esters is 1. The van der Waals surface area contributed by atoms with E-state index in [0.29, 0.717) is 37.5 Å². The molecule has 1 fully saturated rings. The molecule has 4 atom stereocenters. The van der Waals surface area contributed by atoms with E-state index in [0.717, 1.165) is 32.1 Å². The van der Waals surface area contributed by atoms with Crippen molar-refractivity contribution in [3.8, 4) is 5.75 Å². The van der Waals surface area contributed by atoms with Crippen LogP contribution in [-0.4, -0.2) is 56.0 Å². The molecule has 0 unspecified atom stereocenters. The fourth-order valence-corrected chi connectivity index (χ4v) is 5.91. The second-order valence-corrected chi connectivity index (χ2v) is 13.8. The highest BCUT2D eigenvalue weighted by atomic mass is 16.6. The van der Waals surface area contributed by atoms with Crippen molar-refractivity contribution >= 4 is 23.7 Å². The van der Waals surface area contributed by atoms with Gasteiger partial charge in [-0.25, -0.2) is 4.79 Å². The van der Waals surface area contributed by atoms with E-state index in [4.69, 9.17) is 18.9 Å². The number of hydrogen-bond donors (Lipinski definition) is 2. The van der Waals surface area contributed by atoms with E-state index in [1.54, 1.807) is 7.11 Å². The first kappa shape index (κ1) is 34.7. The Morgan fingerprint density at radius 1 is 1.05 bits per heavy atom. The average molecular weight is 603 g/mol. The normalized spacial score (nSPS) is 19.9. The van der Waals surface area contributed by atoms with Crippen LogP contribution < -0.4 is 15.4 Å². The number of aryl methyl sites for hydroxylation is 2. The van der Waals surface area contributed by atoms with Crippen LogP contribution in [0.1, 0.15) is 98.1 Å². The summed E-state index contributed by atoms with van der Waals surface area (Å²) in [5.41, 5.74) is 2.57. The van der Waals surface area contributed by atoms with Crippen LogP contribution in [0, 0.1) is 23.7 Å². The highest BCUT2D eigenvalue weighted by Gasteiger charge is 2.42. The largest absolute Gasteiger partial charge is 0.491 e. The minimum atomic E-state index is -0.670. The number of benzene rings is 1. The molecule has 1 aliphatic heterocycles. The lowest BCUT2D eigenvalue weighted by atomic mass is 9.83. The lowest BCUT2D eigenvalue weighted by Crippen LogP contribution is -2.47. The van der Waals surface area contributed by atoms with Gasteiger partial charge in [-0.3, -0.25) is 9.59 Å². The van der Waals surface area contributed by atoms with Crippen LogP contribution >= 0.6 is 0 Å². The highest BCUT2D eigenvalue weighted by molar-refractivity contribution is 5.92. The van der Waals surface area contributed by atoms with E-state index in [2.05, 4.69) is 36.6 Å². The van der Waals surface area contributed by atoms with E-state index in [-0.39, 0.29) is 42.0 Å². The average Bonchev–Trinajstić information content (AvgIpc) is 3.31. The molecule has 2 amide bonds. The SMILES string of the molecule is COCCCOc1cc2c(cc1NC(=O)C[C@@H](C[C@H](NC(=O)OC(C)(C)C)[C@@H]1C[C@@H](C(C)C)C(=O)O1)C(C)C)CCCC2. The molecule has 1 aromatic rings. The first-order valence-electron chi connectivity index (χ1n) is 16.0. The molecule has 0 saturated carbocycles. The number of rotatable bonds is 14. The van der Waals surface area contributed by atoms with Crippen molar-refractivity contribution < 1.29 is 33.3 Å². The van der Waals surface area contributed by atoms with E-state index in [1.165, 1.54) is 11.1 Å². The lowest BCUT2D eigenvalue weighted by molar-refractivity contribution is -0.146. The molecule has 0 radical (unpaired) electrons. The smallest absolute Gasteiger partial charge is 0.408 e. The Balaban J connectivity index is 1.76. The molecule has 2 N–H and O–H groups in total. The first-order valence-corrected chi connectivity index (χ1v) is 16.0. The van der Waals surface area contributed by atoms with Crippen LogP contribution in [0.3, 0.4) is 0 Å². The molecule has 1 aliphatic carbocycles. The fraction of sp³-hybridized carbons (Fsp3) is 0.735. The molecule has 1 heterocycles. The molecular formula is C34H54N2O7. The molecule has 0 spiro atoms. The number of alkyl carbamates (subject to hydrolysis) is 1. The van der Waals surface area contributed by atoms with E-state index in [9.17, 15) is 14.4 Å². The van der Waals surface area contributed by atoms with Gasteiger partial charge < -0.3 is 29.6 Å². The molecule has 43 heavy (non-hydrogen) atoms. The topological polar surface area (TPSA) is 112 Å². The third kappa shape index (κ3) is 10.7. The molecule has 9 heteroatoms. The van der Waals surface area contributed by atoms with Gasteiger partial charge in [0.05, 0.1) is 24.3 Å². The molecular weight excluding hydrogens is 548 g/mol. The van der Waals surface area contributed by atoms with Gasteiger partial charge in [0.25, 0.3) is 0 Å². The standard InChI is InChI=1S/C34H54N2O7/c1-21(2)25(17-28(36-33(39)43-34(5,6)7)30-20-26(22(3)4)32(38)42-30)19-31(37)35-27-16-23-12-9-10-13-24(23)18-29(27)41-15-11-14-40-8/h16,18,21-22,25-26,28,30H,9-15,17,19-20H2,1-8H3,(H,35,37)(H,36,39)/t25-,26+,28+,30+/m1/s1. The summed E-state index contributed by atoms with van der Waals surface area (Å²) < 4.78 is 22.6. The van der Waals surface area contributed by atoms with Gasteiger partial charge in [-0.05, 0) is 100 Å². The van der Waals surface area contributed by atoms with Crippen molar-refractivity contribution in [3.05, 3.63) is 23.3 Å². The third-order valence-corrected chi connectivity index (χ3v) is 8.43. The van der Waals surface area contributed by atoms with E-state index < -0.39 is 23.8 Å². The summed E-state index contributed by atoms with van der Waals surface area (Å²) in [7, 11) is 1.67. The first-order chi connectivity index (χ1) is 20.3. The number of methoxy groups -OCH3 is 1. The molecule has 2 aliphatic rings. The minimum absolute atomic E-state index is 0.0829. The monoisotopic (exact) mass is 602 g/mol. The van der Waals surface area contributed by atoms with Crippen LogP contribution in [0.15, 0.2) is 12.1 Å². The van der Waals surface area contributed by atoms with Crippen LogP contribution in [0.25, 0.3) is 0 Å². The maximum Gasteiger partial charge on any atom is 0.408 e. The quantitative estimate of drug-likeness (QED) is 0.186. The zero-order valence-electron chi connectivity index (χ0n) is 27.5. The van der Waals surface area contributed by atoms with E-state index >= 15 is 0 Å². The molecule has 1 saturated heterocycles. The maximum absolute atomic E-state index is 13.5. The van der Waals surface area contributed by atoms with Gasteiger partial charge in [-0.1, -0.05) is 27.7 Å². The molecule has 3 rings (SSSR count). The number of amides is 2. The fourth-order valence-electron chi connectivity index (χ4n) is 5.91. The molecule has 9 nitrogen and oxygen atoms in total. The summed E-state index contributed by atoms with van der Waals surface area (Å²) in [6.07, 6.45) is 5.26. The Kier molecular flexibility index (Phi) is 12.7. The van der Waals surface area contributed by atoms with Crippen LogP contribution in [0.5, 0.6) is 5.75 Å². The Morgan fingerprint density at radius 3 is 2.30 bits per heavy atom. The molecule has 0 bridgehead atoms. The van der Waals surface area contributed by atoms with E-state index in [1.807, 2.05) is 34.6 Å². The van der Waals surface area contributed by atoms with Crippen molar-refractivity contribution in [3.63, 3.8) is 0 Å². The van der Waals surface area contributed by atoms with Crippen molar-refractivity contribution in [2.24, 2.45) is 23.7 Å². The van der Waals surface area contributed by atoms with Gasteiger partial charge in [0.1, 0.15) is 17.5 Å². The number of anilines is 1. The zero-order valence-corrected chi connectivity index (χ0v) is 27.5. The summed E-state index contributed by atoms with van der Waals surface area (Å²) in [6, 6.07) is 3.67. The number of hydrogen-bond acceptors (Lipinski definition) is 7. The second kappa shape index (κ2) is 15.8. The third-order valence-electron chi connectivity index (χ3n) is 8.43. The number of ether oxygens (including phenoxy) is 4. The number of carbonyl (C=O) groups excluding carboxylic acids is 3. The summed E-state index contributed by atoms with van der Waals surface area (Å²) in [4.78, 5) is 39.0. The number of fused-ring (bicyclic) bond motifs is 1. The van der Waals surface area contributed by atoms with Crippen LogP contribution in [0.4, 0.5) is 10.5 Å². The summed E-state index contributed by atoms with van der Waals surface area (Å²) in [5.74, 6) is 0.304. The summed E-state index contributed by atoms with van der Waals surface area (Å²) in [6.45, 7) is 14.7. The lowest BCUT2D eigenvalue weighted by Gasteiger charge is -2.31. The Bertz CT molecular complexity index is 1090. The Labute approximate surface area is 258 Å². The molecule has 0 aromatic heterocycles. The van der Waals surface area contributed by atoms with Gasteiger partial charge in [-0.2, -0.15) is 0 Å². The number of nitrogens with one attached hydrogen (secondary N) is 2. The second-order valence-electron chi connectivity index (χ2n) is 13.8. The predicted molar refractivity (Wildman–Crippen MR) is 167 cm³/mol. The predicted octanol–water partition coefficient (Wildman–Crippen LogP) is 6.45. The Morgan fingerprint density at radius 2 is 1.72 bits per heavy atom. The van der Waals surface area contributed by atoms with Gasteiger partial charge in [0, 0.05) is 26.6 Å². The van der Waals surface area contributed by atoms with Crippen molar-refractivity contribution in [1.29, 1.82) is 0 Å². The maximum atomic E-state index is 13.5. The summed E-state index contributed by atoms with van der Waals surface area (Å²) in [5, 5.41) is 6.12. The summed E-state index contributed by atoms with van der Waals surface area (Å²) >= 11 is 0. The van der Waals surface area contributed by atoms with Gasteiger partial charge in [0.15, 0.2) is 0 Å². The molecule has 1 aromatic carbocycles. The van der Waals surface area contributed by atoms with Gasteiger partial charge in [0.2, 0.25) is 5.91 Å². The number of carbonyl (C=O) groups is 3. The minimum Gasteiger partial charge on any atom is -0.491 e. The van der Waals surface area contributed by atoms with Crippen LogP contribution in [-0.2, 0) is 36.6 Å².